The van der Waals surface area contributed by atoms with Crippen molar-refractivity contribution in [2.24, 2.45) is 0 Å². The fraction of sp³-hybridized carbons (Fsp3) is 0.350. The summed E-state index contributed by atoms with van der Waals surface area (Å²) in [4.78, 5) is 20.6. The molecule has 1 atom stereocenters. The van der Waals surface area contributed by atoms with Gasteiger partial charge in [0, 0.05) is 6.20 Å². The molecular formula is C20H23N3O3. The third-order valence-electron chi connectivity index (χ3n) is 4.17. The molecule has 0 bridgehead atoms. The van der Waals surface area contributed by atoms with Crippen molar-refractivity contribution >= 4 is 11.0 Å². The summed E-state index contributed by atoms with van der Waals surface area (Å²) in [6, 6.07) is 11.2. The van der Waals surface area contributed by atoms with Gasteiger partial charge < -0.3 is 9.84 Å². The smallest absolute Gasteiger partial charge is 0.262 e. The molecule has 0 amide bonds. The maximum Gasteiger partial charge on any atom is 0.262 e. The summed E-state index contributed by atoms with van der Waals surface area (Å²) in [6.45, 7) is 6.65. The molecule has 0 aliphatic rings. The van der Waals surface area contributed by atoms with Gasteiger partial charge in [-0.15, -0.1) is 0 Å². The second-order valence-corrected chi connectivity index (χ2v) is 7.32. The van der Waals surface area contributed by atoms with Crippen LogP contribution >= 0.6 is 0 Å². The lowest BCUT2D eigenvalue weighted by molar-refractivity contribution is 0.0914. The zero-order valence-corrected chi connectivity index (χ0v) is 15.2. The van der Waals surface area contributed by atoms with E-state index in [-0.39, 0.29) is 24.1 Å². The fourth-order valence-electron chi connectivity index (χ4n) is 2.65. The van der Waals surface area contributed by atoms with Crippen LogP contribution in [0.3, 0.4) is 0 Å². The zero-order chi connectivity index (χ0) is 18.7. The van der Waals surface area contributed by atoms with Crippen molar-refractivity contribution < 1.29 is 9.84 Å². The highest BCUT2D eigenvalue weighted by Gasteiger charge is 2.14. The van der Waals surface area contributed by atoms with E-state index in [0.29, 0.717) is 16.8 Å². The van der Waals surface area contributed by atoms with Gasteiger partial charge in [0.1, 0.15) is 24.8 Å². The lowest BCUT2D eigenvalue weighted by Crippen LogP contribution is -2.30. The number of nitrogens with zero attached hydrogens (tertiary/aromatic N) is 3. The molecule has 0 saturated carbocycles. The van der Waals surface area contributed by atoms with Gasteiger partial charge in [-0.3, -0.25) is 9.36 Å². The molecule has 0 aliphatic carbocycles. The van der Waals surface area contributed by atoms with Crippen LogP contribution in [0.25, 0.3) is 11.0 Å². The highest BCUT2D eigenvalue weighted by Crippen LogP contribution is 2.24. The molecule has 1 aromatic carbocycles. The number of aliphatic hydroxyl groups is 1. The van der Waals surface area contributed by atoms with Crippen LogP contribution < -0.4 is 10.3 Å². The molecule has 0 radical (unpaired) electrons. The average molecular weight is 353 g/mol. The van der Waals surface area contributed by atoms with Gasteiger partial charge in [0.15, 0.2) is 5.65 Å². The summed E-state index contributed by atoms with van der Waals surface area (Å²) in [5, 5.41) is 10.6. The number of hydrogen-bond donors (Lipinski definition) is 1. The van der Waals surface area contributed by atoms with Crippen molar-refractivity contribution in [1.29, 1.82) is 0 Å². The number of aliphatic hydroxyl groups excluding tert-OH is 1. The van der Waals surface area contributed by atoms with Gasteiger partial charge in [-0.1, -0.05) is 32.9 Å². The van der Waals surface area contributed by atoms with E-state index in [1.165, 1.54) is 16.5 Å². The molecule has 3 rings (SSSR count). The van der Waals surface area contributed by atoms with E-state index in [9.17, 15) is 9.90 Å². The minimum atomic E-state index is -0.828. The van der Waals surface area contributed by atoms with E-state index in [1.807, 2.05) is 24.3 Å². The highest BCUT2D eigenvalue weighted by molar-refractivity contribution is 5.72. The van der Waals surface area contributed by atoms with Crippen LogP contribution in [0.4, 0.5) is 0 Å². The first-order valence-electron chi connectivity index (χ1n) is 8.56. The van der Waals surface area contributed by atoms with E-state index in [1.54, 1.807) is 18.3 Å². The van der Waals surface area contributed by atoms with E-state index < -0.39 is 6.10 Å². The van der Waals surface area contributed by atoms with Crippen LogP contribution in [-0.2, 0) is 12.0 Å². The van der Waals surface area contributed by atoms with E-state index in [4.69, 9.17) is 4.74 Å². The molecule has 3 aromatic rings. The van der Waals surface area contributed by atoms with Crippen molar-refractivity contribution in [3.63, 3.8) is 0 Å². The Hall–Kier alpha value is -2.73. The average Bonchev–Trinajstić information content (AvgIpc) is 2.62. The summed E-state index contributed by atoms with van der Waals surface area (Å²) in [5.41, 5.74) is 1.47. The molecule has 0 aliphatic heterocycles. The first-order chi connectivity index (χ1) is 12.3. The Morgan fingerprint density at radius 3 is 2.58 bits per heavy atom. The monoisotopic (exact) mass is 353 g/mol. The Balaban J connectivity index is 1.63. The van der Waals surface area contributed by atoms with Crippen LogP contribution in [-0.4, -0.2) is 32.4 Å². The number of benzene rings is 1. The highest BCUT2D eigenvalue weighted by atomic mass is 16.5. The van der Waals surface area contributed by atoms with Crippen molar-refractivity contribution in [2.45, 2.75) is 38.8 Å². The number of pyridine rings is 1. The van der Waals surface area contributed by atoms with E-state index in [0.717, 1.165) is 0 Å². The number of ether oxygens (including phenoxy) is 1. The van der Waals surface area contributed by atoms with Gasteiger partial charge in [-0.2, -0.15) is 0 Å². The topological polar surface area (TPSA) is 77.2 Å². The van der Waals surface area contributed by atoms with Crippen LogP contribution in [0.15, 0.2) is 53.7 Å². The van der Waals surface area contributed by atoms with Crippen LogP contribution in [0, 0.1) is 0 Å². The van der Waals surface area contributed by atoms with Gasteiger partial charge in [-0.05, 0) is 35.2 Å². The van der Waals surface area contributed by atoms with Gasteiger partial charge in [0.25, 0.3) is 5.56 Å². The molecule has 2 heterocycles. The minimum absolute atomic E-state index is 0.0805. The van der Waals surface area contributed by atoms with Gasteiger partial charge in [-0.25, -0.2) is 9.97 Å². The Bertz CT molecular complexity index is 943. The van der Waals surface area contributed by atoms with Crippen molar-refractivity contribution in [3.05, 3.63) is 64.8 Å². The molecule has 0 unspecified atom stereocenters. The molecule has 0 fully saturated rings. The van der Waals surface area contributed by atoms with E-state index in [2.05, 4.69) is 30.7 Å². The maximum atomic E-state index is 12.4. The molecule has 1 N–H and O–H groups in total. The Kier molecular flexibility index (Phi) is 5.04. The maximum absolute atomic E-state index is 12.4. The fourth-order valence-corrected chi connectivity index (χ4v) is 2.65. The predicted octanol–water partition coefficient (Wildman–Crippen LogP) is 2.53. The second-order valence-electron chi connectivity index (χ2n) is 7.32. The predicted molar refractivity (Wildman–Crippen MR) is 100 cm³/mol. The van der Waals surface area contributed by atoms with Gasteiger partial charge in [0.05, 0.1) is 11.9 Å². The number of rotatable bonds is 5. The second kappa shape index (κ2) is 7.25. The van der Waals surface area contributed by atoms with Crippen LogP contribution in [0.2, 0.25) is 0 Å². The Morgan fingerprint density at radius 1 is 1.15 bits per heavy atom. The first-order valence-corrected chi connectivity index (χ1v) is 8.56. The molecule has 136 valence electrons. The molecular weight excluding hydrogens is 330 g/mol. The summed E-state index contributed by atoms with van der Waals surface area (Å²) in [6.07, 6.45) is 2.16. The largest absolute Gasteiger partial charge is 0.491 e. The first kappa shape index (κ1) is 18.1. The molecule has 26 heavy (non-hydrogen) atoms. The van der Waals surface area contributed by atoms with Crippen molar-refractivity contribution in [1.82, 2.24) is 14.5 Å². The minimum Gasteiger partial charge on any atom is -0.491 e. The number of fused-ring (bicyclic) bond motifs is 1. The molecule has 0 spiro atoms. The summed E-state index contributed by atoms with van der Waals surface area (Å²) in [7, 11) is 0. The molecule has 2 aromatic heterocycles. The lowest BCUT2D eigenvalue weighted by Gasteiger charge is -2.19. The summed E-state index contributed by atoms with van der Waals surface area (Å²) < 4.78 is 7.01. The van der Waals surface area contributed by atoms with Gasteiger partial charge >= 0.3 is 0 Å². The molecule has 6 heteroatoms. The van der Waals surface area contributed by atoms with Crippen molar-refractivity contribution in [2.75, 3.05) is 6.61 Å². The van der Waals surface area contributed by atoms with Crippen LogP contribution in [0.5, 0.6) is 5.75 Å². The number of aromatic nitrogens is 3. The Labute approximate surface area is 152 Å². The van der Waals surface area contributed by atoms with E-state index >= 15 is 0 Å². The van der Waals surface area contributed by atoms with Crippen molar-refractivity contribution in [3.8, 4) is 5.75 Å². The third kappa shape index (κ3) is 4.08. The third-order valence-corrected chi connectivity index (χ3v) is 4.17. The molecule has 6 nitrogen and oxygen atoms in total. The quantitative estimate of drug-likeness (QED) is 0.763. The van der Waals surface area contributed by atoms with Gasteiger partial charge in [0.2, 0.25) is 0 Å². The summed E-state index contributed by atoms with van der Waals surface area (Å²) in [5.74, 6) is 0.685. The number of hydrogen-bond acceptors (Lipinski definition) is 5. The zero-order valence-electron chi connectivity index (χ0n) is 15.2. The van der Waals surface area contributed by atoms with Crippen LogP contribution in [0.1, 0.15) is 26.3 Å². The lowest BCUT2D eigenvalue weighted by atomic mass is 9.87. The standard InChI is InChI=1S/C20H23N3O3/c1-20(2,3)14-6-8-16(9-7-14)26-12-15(24)11-23-13-22-18-17(19(23)25)5-4-10-21-18/h4-10,13,15,24H,11-12H2,1-3H3/t15-/m1/s1. The SMILES string of the molecule is CC(C)(C)c1ccc(OC[C@H](O)Cn2cnc3ncccc3c2=O)cc1. The summed E-state index contributed by atoms with van der Waals surface area (Å²) >= 11 is 0. The Morgan fingerprint density at radius 2 is 1.88 bits per heavy atom. The molecule has 0 saturated heterocycles. The normalized spacial score (nSPS) is 12.9.